The molecule has 3 rings (SSSR count). The number of nitrogens with one attached hydrogen (secondary N) is 2. The lowest BCUT2D eigenvalue weighted by Crippen LogP contribution is -2.41. The van der Waals surface area contributed by atoms with Gasteiger partial charge in [0.25, 0.3) is 5.91 Å². The van der Waals surface area contributed by atoms with Crippen molar-refractivity contribution in [1.29, 1.82) is 0 Å². The Balaban J connectivity index is 1.87. The summed E-state index contributed by atoms with van der Waals surface area (Å²) in [5.74, 6) is -0.0481. The molecule has 1 atom stereocenters. The first-order chi connectivity index (χ1) is 11.3. The highest BCUT2D eigenvalue weighted by atomic mass is 16.3. The number of H-pyrrole nitrogens is 1. The molecular weight excluding hydrogens is 308 g/mol. The van der Waals surface area contributed by atoms with Gasteiger partial charge in [0.15, 0.2) is 0 Å². The molecule has 1 fully saturated rings. The van der Waals surface area contributed by atoms with Crippen LogP contribution in [0.15, 0.2) is 23.3 Å². The number of hydrogen-bond acceptors (Lipinski definition) is 4. The van der Waals surface area contributed by atoms with Crippen molar-refractivity contribution in [2.75, 3.05) is 0 Å². The van der Waals surface area contributed by atoms with Gasteiger partial charge in [-0.1, -0.05) is 0 Å². The number of nitrogens with zero attached hydrogens (tertiary/aromatic N) is 2. The van der Waals surface area contributed by atoms with Gasteiger partial charge < -0.3 is 15.4 Å². The number of carbonyl (C=O) groups is 1. The third-order valence-corrected chi connectivity index (χ3v) is 4.65. The number of aryl methyl sites for hydroxylation is 3. The van der Waals surface area contributed by atoms with Gasteiger partial charge >= 0.3 is 0 Å². The van der Waals surface area contributed by atoms with E-state index in [2.05, 4.69) is 15.4 Å². The molecule has 0 aromatic carbocycles. The molecule has 3 N–H and O–H groups in total. The van der Waals surface area contributed by atoms with Crippen LogP contribution in [0, 0.1) is 19.8 Å². The highest BCUT2D eigenvalue weighted by Crippen LogP contribution is 2.38. The second kappa shape index (κ2) is 6.24. The van der Waals surface area contributed by atoms with Crippen LogP contribution in [0.1, 0.15) is 46.1 Å². The first-order valence-electron chi connectivity index (χ1n) is 8.03. The smallest absolute Gasteiger partial charge is 0.253 e. The van der Waals surface area contributed by atoms with Gasteiger partial charge in [0.2, 0.25) is 5.56 Å². The van der Waals surface area contributed by atoms with Crippen molar-refractivity contribution in [3.63, 3.8) is 0 Å². The van der Waals surface area contributed by atoms with E-state index in [9.17, 15) is 14.7 Å². The van der Waals surface area contributed by atoms with Gasteiger partial charge in [0.1, 0.15) is 0 Å². The fourth-order valence-corrected chi connectivity index (χ4v) is 3.39. The fraction of sp³-hybridized carbons (Fsp3) is 0.471. The quantitative estimate of drug-likeness (QED) is 0.777. The molecule has 7 heteroatoms. The van der Waals surface area contributed by atoms with Crippen molar-refractivity contribution >= 4 is 5.91 Å². The lowest BCUT2D eigenvalue weighted by molar-refractivity contribution is 0.0235. The molecule has 2 heterocycles. The first-order valence-corrected chi connectivity index (χ1v) is 8.03. The van der Waals surface area contributed by atoms with E-state index >= 15 is 0 Å². The summed E-state index contributed by atoms with van der Waals surface area (Å²) < 4.78 is 1.69. The third-order valence-electron chi connectivity index (χ3n) is 4.65. The van der Waals surface area contributed by atoms with Crippen molar-refractivity contribution < 1.29 is 9.90 Å². The standard InChI is InChI=1S/C17H22N4O3/c1-9-4-14(23)19-10(2)15(9)17(24)20-16(11-5-13(22)6-11)12-7-18-21(3)8-12/h4,7-8,11,13,16,22H,5-6H2,1-3H3,(H,19,23)(H,20,24)/t11?,13?,16-/m0/s1. The van der Waals surface area contributed by atoms with Gasteiger partial charge in [-0.3, -0.25) is 14.3 Å². The molecule has 7 nitrogen and oxygen atoms in total. The molecule has 0 aliphatic heterocycles. The molecule has 0 unspecified atom stereocenters. The number of rotatable bonds is 4. The molecule has 1 aliphatic rings. The highest BCUT2D eigenvalue weighted by molar-refractivity contribution is 5.96. The van der Waals surface area contributed by atoms with Crippen LogP contribution in [0.2, 0.25) is 0 Å². The van der Waals surface area contributed by atoms with Crippen LogP contribution in [0.5, 0.6) is 0 Å². The summed E-state index contributed by atoms with van der Waals surface area (Å²) >= 11 is 0. The maximum atomic E-state index is 12.8. The average molecular weight is 330 g/mol. The van der Waals surface area contributed by atoms with Crippen molar-refractivity contribution in [1.82, 2.24) is 20.1 Å². The summed E-state index contributed by atoms with van der Waals surface area (Å²) in [4.78, 5) is 27.0. The minimum atomic E-state index is -0.303. The Labute approximate surface area is 139 Å². The lowest BCUT2D eigenvalue weighted by atomic mass is 9.75. The zero-order chi connectivity index (χ0) is 17.4. The van der Waals surface area contributed by atoms with E-state index in [-0.39, 0.29) is 29.5 Å². The second-order valence-electron chi connectivity index (χ2n) is 6.60. The number of carbonyl (C=O) groups excluding carboxylic acids is 1. The molecule has 1 amide bonds. The van der Waals surface area contributed by atoms with Crippen LogP contribution >= 0.6 is 0 Å². The normalized spacial score (nSPS) is 21.2. The number of hydrogen-bond donors (Lipinski definition) is 3. The Morgan fingerprint density at radius 1 is 1.46 bits per heavy atom. The molecule has 0 bridgehead atoms. The third kappa shape index (κ3) is 3.12. The van der Waals surface area contributed by atoms with Crippen molar-refractivity contribution in [3.8, 4) is 0 Å². The van der Waals surface area contributed by atoms with Crippen LogP contribution in [-0.4, -0.2) is 31.9 Å². The maximum absolute atomic E-state index is 12.8. The molecule has 24 heavy (non-hydrogen) atoms. The Bertz CT molecular complexity index is 791. The molecule has 0 saturated heterocycles. The predicted octanol–water partition coefficient (Wildman–Crippen LogP) is 0.967. The van der Waals surface area contributed by atoms with Gasteiger partial charge in [0, 0.05) is 30.6 Å². The van der Waals surface area contributed by atoms with E-state index in [1.54, 1.807) is 24.7 Å². The number of pyridine rings is 1. The number of aliphatic hydroxyl groups is 1. The monoisotopic (exact) mass is 330 g/mol. The molecule has 0 spiro atoms. The minimum absolute atomic E-state index is 0.177. The zero-order valence-corrected chi connectivity index (χ0v) is 14.0. The number of amides is 1. The van der Waals surface area contributed by atoms with Crippen LogP contribution in [0.25, 0.3) is 0 Å². The molecule has 1 saturated carbocycles. The van der Waals surface area contributed by atoms with E-state index in [1.807, 2.05) is 13.2 Å². The summed E-state index contributed by atoms with van der Waals surface area (Å²) in [6, 6.07) is 1.22. The van der Waals surface area contributed by atoms with E-state index in [1.165, 1.54) is 6.07 Å². The van der Waals surface area contributed by atoms with Gasteiger partial charge in [-0.2, -0.15) is 5.10 Å². The van der Waals surface area contributed by atoms with Crippen LogP contribution in [-0.2, 0) is 7.05 Å². The minimum Gasteiger partial charge on any atom is -0.393 e. The lowest BCUT2D eigenvalue weighted by Gasteiger charge is -2.37. The molecule has 1 aliphatic carbocycles. The van der Waals surface area contributed by atoms with Gasteiger partial charge in [0.05, 0.1) is 23.9 Å². The van der Waals surface area contributed by atoms with E-state index < -0.39 is 0 Å². The average Bonchev–Trinajstić information content (AvgIpc) is 2.87. The number of aromatic amines is 1. The van der Waals surface area contributed by atoms with Crippen LogP contribution < -0.4 is 10.9 Å². The Morgan fingerprint density at radius 3 is 2.71 bits per heavy atom. The summed E-state index contributed by atoms with van der Waals surface area (Å²) in [7, 11) is 1.83. The largest absolute Gasteiger partial charge is 0.393 e. The topological polar surface area (TPSA) is 100 Å². The van der Waals surface area contributed by atoms with Crippen molar-refractivity contribution in [2.24, 2.45) is 13.0 Å². The fourth-order valence-electron chi connectivity index (χ4n) is 3.39. The zero-order valence-electron chi connectivity index (χ0n) is 14.0. The SMILES string of the molecule is Cc1cc(=O)[nH]c(C)c1C(=O)N[C@H](c1cnn(C)c1)C1CC(O)C1. The van der Waals surface area contributed by atoms with Gasteiger partial charge in [-0.05, 0) is 38.2 Å². The number of aromatic nitrogens is 3. The summed E-state index contributed by atoms with van der Waals surface area (Å²) in [6.07, 6.45) is 4.62. The summed E-state index contributed by atoms with van der Waals surface area (Å²) in [5.41, 5.74) is 2.39. The van der Waals surface area contributed by atoms with Crippen molar-refractivity contribution in [2.45, 2.75) is 38.8 Å². The van der Waals surface area contributed by atoms with E-state index in [4.69, 9.17) is 0 Å². The molecular formula is C17H22N4O3. The molecule has 2 aromatic rings. The highest BCUT2D eigenvalue weighted by Gasteiger charge is 2.36. The first kappa shape index (κ1) is 16.4. The van der Waals surface area contributed by atoms with Crippen LogP contribution in [0.4, 0.5) is 0 Å². The summed E-state index contributed by atoms with van der Waals surface area (Å²) in [6.45, 7) is 3.47. The Morgan fingerprint density at radius 2 is 2.17 bits per heavy atom. The van der Waals surface area contributed by atoms with Gasteiger partial charge in [-0.15, -0.1) is 0 Å². The van der Waals surface area contributed by atoms with E-state index in [0.29, 0.717) is 29.7 Å². The Kier molecular flexibility index (Phi) is 4.28. The van der Waals surface area contributed by atoms with Crippen LogP contribution in [0.3, 0.4) is 0 Å². The van der Waals surface area contributed by atoms with Gasteiger partial charge in [-0.25, -0.2) is 0 Å². The van der Waals surface area contributed by atoms with Crippen molar-refractivity contribution in [3.05, 3.63) is 51.2 Å². The Hall–Kier alpha value is -2.41. The molecule has 0 radical (unpaired) electrons. The number of aliphatic hydroxyl groups excluding tert-OH is 1. The molecule has 128 valence electrons. The van der Waals surface area contributed by atoms with E-state index in [0.717, 1.165) is 5.56 Å². The molecule has 2 aromatic heterocycles. The predicted molar refractivity (Wildman–Crippen MR) is 88.7 cm³/mol. The second-order valence-corrected chi connectivity index (χ2v) is 6.60. The maximum Gasteiger partial charge on any atom is 0.253 e. The summed E-state index contributed by atoms with van der Waals surface area (Å²) in [5, 5.41) is 16.9.